The van der Waals surface area contributed by atoms with Gasteiger partial charge in [-0.1, -0.05) is 6.07 Å². The average Bonchev–Trinajstić information content (AvgIpc) is 3.38. The maximum Gasteiger partial charge on any atom is 0.264 e. The number of thiophene rings is 2. The molecule has 0 aliphatic carbocycles. The lowest BCUT2D eigenvalue weighted by Gasteiger charge is -2.26. The van der Waals surface area contributed by atoms with Crippen LogP contribution in [0.4, 0.5) is 0 Å². The van der Waals surface area contributed by atoms with Gasteiger partial charge in [-0.3, -0.25) is 9.59 Å². The molecule has 2 aromatic heterocycles. The zero-order valence-corrected chi connectivity index (χ0v) is 17.7. The summed E-state index contributed by atoms with van der Waals surface area (Å²) in [6.07, 6.45) is 0. The fraction of sp³-hybridized carbons (Fsp3) is 0.412. The fourth-order valence-electron chi connectivity index (χ4n) is 2.59. The summed E-state index contributed by atoms with van der Waals surface area (Å²) in [6, 6.07) is 6.70. The first-order valence-corrected chi connectivity index (χ1v) is 11.7. The maximum absolute atomic E-state index is 12.7. The number of hydrogen-bond donors (Lipinski definition) is 1. The minimum Gasteiger partial charge on any atom is -0.378 e. The minimum absolute atomic E-state index is 0.0395. The van der Waals surface area contributed by atoms with Crippen LogP contribution in [-0.4, -0.2) is 69.3 Å². The summed E-state index contributed by atoms with van der Waals surface area (Å²) < 4.78 is 31.7. The Bertz CT molecular complexity index is 918. The molecule has 1 aliphatic heterocycles. The van der Waals surface area contributed by atoms with E-state index in [0.29, 0.717) is 37.7 Å². The molecule has 1 fully saturated rings. The van der Waals surface area contributed by atoms with Gasteiger partial charge in [0.2, 0.25) is 5.91 Å². The van der Waals surface area contributed by atoms with E-state index in [0.717, 1.165) is 20.5 Å². The van der Waals surface area contributed by atoms with Crippen LogP contribution in [0.25, 0.3) is 0 Å². The van der Waals surface area contributed by atoms with Gasteiger partial charge in [0.1, 0.15) is 4.21 Å². The van der Waals surface area contributed by atoms with E-state index >= 15 is 0 Å². The molecule has 3 rings (SSSR count). The fourth-order valence-corrected chi connectivity index (χ4v) is 5.85. The highest BCUT2D eigenvalue weighted by atomic mass is 32.2. The Balaban J connectivity index is 1.60. The van der Waals surface area contributed by atoms with Crippen molar-refractivity contribution >= 4 is 44.5 Å². The number of nitrogens with one attached hydrogen (secondary N) is 1. The van der Waals surface area contributed by atoms with Gasteiger partial charge in [-0.25, -0.2) is 8.42 Å². The van der Waals surface area contributed by atoms with Gasteiger partial charge in [0.15, 0.2) is 0 Å². The lowest BCUT2D eigenvalue weighted by atomic mass is 10.3. The lowest BCUT2D eigenvalue weighted by molar-refractivity contribution is -0.121. The molecule has 0 spiro atoms. The van der Waals surface area contributed by atoms with E-state index in [9.17, 15) is 18.0 Å². The molecular formula is C17H21N3O5S3. The molecule has 1 aliphatic rings. The molecule has 11 heteroatoms. The molecule has 8 nitrogen and oxygen atoms in total. The molecule has 0 bridgehead atoms. The maximum atomic E-state index is 12.7. The van der Waals surface area contributed by atoms with Crippen molar-refractivity contribution in [1.29, 1.82) is 0 Å². The van der Waals surface area contributed by atoms with Crippen molar-refractivity contribution in [3.63, 3.8) is 0 Å². The summed E-state index contributed by atoms with van der Waals surface area (Å²) in [4.78, 5) is 27.6. The summed E-state index contributed by atoms with van der Waals surface area (Å²) in [7, 11) is -2.50. The number of sulfonamides is 1. The number of morpholine rings is 1. The Hall–Kier alpha value is -1.79. The Morgan fingerprint density at radius 3 is 2.68 bits per heavy atom. The van der Waals surface area contributed by atoms with Gasteiger partial charge in [-0.05, 0) is 23.6 Å². The second-order valence-electron chi connectivity index (χ2n) is 6.14. The third kappa shape index (κ3) is 4.97. The highest BCUT2D eigenvalue weighted by Gasteiger charge is 2.27. The molecule has 0 saturated carbocycles. The first kappa shape index (κ1) is 20.9. The standard InChI is InChI=1S/C17H21N3O5S3/c1-19(12-15(21)18-11-13-3-2-10-26-13)28(23,24)16-5-4-14(27-16)17(22)20-6-8-25-9-7-20/h2-5,10H,6-9,11-12H2,1H3,(H,18,21). The second-order valence-corrected chi connectivity index (χ2v) is 10.5. The number of carbonyl (C=O) groups excluding carboxylic acids is 2. The number of rotatable bonds is 7. The van der Waals surface area contributed by atoms with Gasteiger partial charge in [0.25, 0.3) is 15.9 Å². The van der Waals surface area contributed by atoms with Crippen LogP contribution < -0.4 is 5.32 Å². The smallest absolute Gasteiger partial charge is 0.264 e. The first-order chi connectivity index (χ1) is 13.4. The van der Waals surface area contributed by atoms with Crippen molar-refractivity contribution in [2.75, 3.05) is 39.9 Å². The summed E-state index contributed by atoms with van der Waals surface area (Å²) in [5, 5.41) is 4.61. The lowest BCUT2D eigenvalue weighted by Crippen LogP contribution is -2.40. The van der Waals surface area contributed by atoms with Gasteiger partial charge in [-0.2, -0.15) is 4.31 Å². The Labute approximate surface area is 171 Å². The number of ether oxygens (including phenoxy) is 1. The van der Waals surface area contributed by atoms with Gasteiger partial charge < -0.3 is 15.0 Å². The third-order valence-corrected chi connectivity index (χ3v) is 8.38. The summed E-state index contributed by atoms with van der Waals surface area (Å²) in [5.74, 6) is -0.591. The Morgan fingerprint density at radius 2 is 2.00 bits per heavy atom. The average molecular weight is 444 g/mol. The molecule has 28 heavy (non-hydrogen) atoms. The van der Waals surface area contributed by atoms with Crippen LogP contribution in [0.5, 0.6) is 0 Å². The molecule has 2 amide bonds. The van der Waals surface area contributed by atoms with E-state index in [1.54, 1.807) is 4.90 Å². The van der Waals surface area contributed by atoms with Crippen LogP contribution in [0.15, 0.2) is 33.9 Å². The van der Waals surface area contributed by atoms with Crippen molar-refractivity contribution in [3.8, 4) is 0 Å². The van der Waals surface area contributed by atoms with Crippen LogP contribution >= 0.6 is 22.7 Å². The largest absolute Gasteiger partial charge is 0.378 e. The number of carbonyl (C=O) groups is 2. The quantitative estimate of drug-likeness (QED) is 0.694. The van der Waals surface area contributed by atoms with Crippen molar-refractivity contribution in [2.45, 2.75) is 10.8 Å². The Kier molecular flexibility index (Phi) is 6.83. The van der Waals surface area contributed by atoms with Crippen LogP contribution in [-0.2, 0) is 26.1 Å². The molecule has 0 atom stereocenters. The summed E-state index contributed by atoms with van der Waals surface area (Å²) >= 11 is 2.43. The predicted molar refractivity (Wildman–Crippen MR) is 107 cm³/mol. The zero-order chi connectivity index (χ0) is 20.1. The predicted octanol–water partition coefficient (Wildman–Crippen LogP) is 1.22. The van der Waals surface area contributed by atoms with Gasteiger partial charge in [0.05, 0.1) is 31.2 Å². The number of nitrogens with zero attached hydrogens (tertiary/aromatic N) is 2. The highest BCUT2D eigenvalue weighted by molar-refractivity contribution is 7.91. The van der Waals surface area contributed by atoms with E-state index in [2.05, 4.69) is 5.32 Å². The normalized spacial score (nSPS) is 15.0. The van der Waals surface area contributed by atoms with Gasteiger partial charge in [0, 0.05) is 25.0 Å². The monoisotopic (exact) mass is 443 g/mol. The second kappa shape index (κ2) is 9.14. The van der Waals surface area contributed by atoms with Crippen LogP contribution in [0.1, 0.15) is 14.5 Å². The molecule has 0 radical (unpaired) electrons. The van der Waals surface area contributed by atoms with Crippen LogP contribution in [0, 0.1) is 0 Å². The molecule has 1 saturated heterocycles. The van der Waals surface area contributed by atoms with Crippen molar-refractivity contribution in [3.05, 3.63) is 39.4 Å². The van der Waals surface area contributed by atoms with Crippen molar-refractivity contribution in [2.24, 2.45) is 0 Å². The third-order valence-electron chi connectivity index (χ3n) is 4.16. The molecule has 0 aromatic carbocycles. The molecule has 152 valence electrons. The molecular weight excluding hydrogens is 422 g/mol. The van der Waals surface area contributed by atoms with E-state index in [1.807, 2.05) is 17.5 Å². The number of likely N-dealkylation sites (N-methyl/N-ethyl adjacent to an activating group) is 1. The molecule has 0 unspecified atom stereocenters. The molecule has 1 N–H and O–H groups in total. The summed E-state index contributed by atoms with van der Waals surface area (Å²) in [6.45, 7) is 2.00. The highest BCUT2D eigenvalue weighted by Crippen LogP contribution is 2.25. The van der Waals surface area contributed by atoms with Crippen LogP contribution in [0.2, 0.25) is 0 Å². The van der Waals surface area contributed by atoms with Gasteiger partial charge in [-0.15, -0.1) is 22.7 Å². The van der Waals surface area contributed by atoms with Crippen molar-refractivity contribution in [1.82, 2.24) is 14.5 Å². The minimum atomic E-state index is -3.85. The van der Waals surface area contributed by atoms with Crippen LogP contribution in [0.3, 0.4) is 0 Å². The molecule has 2 aromatic rings. The van der Waals surface area contributed by atoms with E-state index in [1.165, 1.54) is 30.5 Å². The van der Waals surface area contributed by atoms with E-state index < -0.39 is 10.0 Å². The SMILES string of the molecule is CN(CC(=O)NCc1cccs1)S(=O)(=O)c1ccc(C(=O)N2CCOCC2)s1. The van der Waals surface area contributed by atoms with E-state index in [-0.39, 0.29) is 22.6 Å². The zero-order valence-electron chi connectivity index (χ0n) is 15.3. The topological polar surface area (TPSA) is 96.0 Å². The number of amides is 2. The summed E-state index contributed by atoms with van der Waals surface area (Å²) in [5.41, 5.74) is 0. The number of hydrogen-bond acceptors (Lipinski definition) is 7. The van der Waals surface area contributed by atoms with E-state index in [4.69, 9.17) is 4.74 Å². The first-order valence-electron chi connectivity index (χ1n) is 8.60. The van der Waals surface area contributed by atoms with Crippen molar-refractivity contribution < 1.29 is 22.7 Å². The molecule has 3 heterocycles. The van der Waals surface area contributed by atoms with Gasteiger partial charge >= 0.3 is 0 Å². The Morgan fingerprint density at radius 1 is 1.25 bits per heavy atom.